The smallest absolute Gasteiger partial charge is 0.333 e. The van der Waals surface area contributed by atoms with E-state index in [1.165, 1.54) is 11.0 Å². The highest BCUT2D eigenvalue weighted by Gasteiger charge is 2.17. The number of benzene rings is 1. The van der Waals surface area contributed by atoms with Crippen LogP contribution in [-0.4, -0.2) is 37.4 Å². The molecule has 0 atom stereocenters. The van der Waals surface area contributed by atoms with Crippen molar-refractivity contribution < 1.29 is 13.6 Å². The molecule has 0 radical (unpaired) electrons. The van der Waals surface area contributed by atoms with Gasteiger partial charge in [0.05, 0.1) is 5.69 Å². The number of hydrogen-bond acceptors (Lipinski definition) is 3. The minimum atomic E-state index is -2.76. The third-order valence-corrected chi connectivity index (χ3v) is 3.50. The maximum atomic E-state index is 12.5. The highest BCUT2D eigenvalue weighted by atomic mass is 19.3. The van der Waals surface area contributed by atoms with Gasteiger partial charge in [0.2, 0.25) is 0 Å². The van der Waals surface area contributed by atoms with Crippen LogP contribution in [-0.2, 0) is 6.54 Å². The Balaban J connectivity index is 1.67. The van der Waals surface area contributed by atoms with Gasteiger partial charge in [-0.05, 0) is 29.8 Å². The second-order valence-corrected chi connectivity index (χ2v) is 5.24. The van der Waals surface area contributed by atoms with E-state index in [9.17, 15) is 13.6 Å². The SMILES string of the molecule is CN(Cc1ccc(-n2cccn2)cc1)C(=O)c1ccn(C(F)F)n1. The van der Waals surface area contributed by atoms with Crippen molar-refractivity contribution in [3.05, 3.63) is 66.2 Å². The number of alkyl halides is 2. The minimum Gasteiger partial charge on any atom is -0.336 e. The molecule has 0 unspecified atom stereocenters. The van der Waals surface area contributed by atoms with Gasteiger partial charge in [-0.1, -0.05) is 12.1 Å². The number of hydrogen-bond donors (Lipinski definition) is 0. The van der Waals surface area contributed by atoms with Gasteiger partial charge in [-0.3, -0.25) is 4.79 Å². The van der Waals surface area contributed by atoms with Gasteiger partial charge in [-0.2, -0.15) is 19.0 Å². The summed E-state index contributed by atoms with van der Waals surface area (Å²) < 4.78 is 27.2. The monoisotopic (exact) mass is 331 g/mol. The summed E-state index contributed by atoms with van der Waals surface area (Å²) in [7, 11) is 1.60. The molecule has 0 N–H and O–H groups in total. The Bertz CT molecular complexity index is 811. The molecule has 0 bridgehead atoms. The summed E-state index contributed by atoms with van der Waals surface area (Å²) in [5.74, 6) is -0.412. The minimum absolute atomic E-state index is 0.00837. The first-order valence-corrected chi connectivity index (χ1v) is 7.22. The maximum Gasteiger partial charge on any atom is 0.333 e. The molecule has 0 spiro atoms. The Kier molecular flexibility index (Phi) is 4.37. The largest absolute Gasteiger partial charge is 0.336 e. The van der Waals surface area contributed by atoms with Gasteiger partial charge < -0.3 is 4.90 Å². The van der Waals surface area contributed by atoms with Crippen LogP contribution >= 0.6 is 0 Å². The first-order valence-electron chi connectivity index (χ1n) is 7.22. The summed E-state index contributed by atoms with van der Waals surface area (Å²) in [6, 6.07) is 10.7. The highest BCUT2D eigenvalue weighted by molar-refractivity contribution is 5.91. The zero-order chi connectivity index (χ0) is 17.1. The fourth-order valence-electron chi connectivity index (χ4n) is 2.28. The molecule has 3 aromatic rings. The quantitative estimate of drug-likeness (QED) is 0.722. The lowest BCUT2D eigenvalue weighted by atomic mass is 10.2. The number of carbonyl (C=O) groups excluding carboxylic acids is 1. The maximum absolute atomic E-state index is 12.5. The fourth-order valence-corrected chi connectivity index (χ4v) is 2.28. The molecule has 0 aliphatic carbocycles. The lowest BCUT2D eigenvalue weighted by Gasteiger charge is -2.16. The van der Waals surface area contributed by atoms with Crippen molar-refractivity contribution >= 4 is 5.91 Å². The van der Waals surface area contributed by atoms with E-state index in [1.807, 2.05) is 36.5 Å². The van der Waals surface area contributed by atoms with Crippen molar-refractivity contribution in [1.29, 1.82) is 0 Å². The predicted octanol–water partition coefficient (Wildman–Crippen LogP) is 2.74. The average molecular weight is 331 g/mol. The first kappa shape index (κ1) is 15.9. The molecular formula is C16H15F2N5O. The van der Waals surface area contributed by atoms with E-state index in [0.717, 1.165) is 17.4 Å². The number of amides is 1. The molecule has 8 heteroatoms. The van der Waals surface area contributed by atoms with E-state index in [1.54, 1.807) is 17.9 Å². The lowest BCUT2D eigenvalue weighted by molar-refractivity contribution is 0.0553. The third kappa shape index (κ3) is 3.32. The van der Waals surface area contributed by atoms with E-state index < -0.39 is 12.5 Å². The Morgan fingerprint density at radius 3 is 2.54 bits per heavy atom. The normalized spacial score (nSPS) is 11.0. The van der Waals surface area contributed by atoms with Crippen LogP contribution in [0, 0.1) is 0 Å². The molecule has 0 aliphatic heterocycles. The van der Waals surface area contributed by atoms with Gasteiger partial charge in [0, 0.05) is 32.2 Å². The van der Waals surface area contributed by atoms with Gasteiger partial charge in [0.15, 0.2) is 5.69 Å². The zero-order valence-corrected chi connectivity index (χ0v) is 12.9. The van der Waals surface area contributed by atoms with Gasteiger partial charge in [-0.15, -0.1) is 0 Å². The molecule has 2 heterocycles. The number of halogens is 2. The van der Waals surface area contributed by atoms with Crippen LogP contribution in [0.15, 0.2) is 55.0 Å². The molecule has 2 aromatic heterocycles. The molecule has 1 amide bonds. The van der Waals surface area contributed by atoms with E-state index >= 15 is 0 Å². The average Bonchev–Trinajstić information content (AvgIpc) is 3.26. The molecule has 0 saturated heterocycles. The van der Waals surface area contributed by atoms with Gasteiger partial charge in [0.1, 0.15) is 0 Å². The summed E-state index contributed by atoms with van der Waals surface area (Å²) in [5.41, 5.74) is 1.81. The molecule has 0 saturated carbocycles. The zero-order valence-electron chi connectivity index (χ0n) is 12.9. The van der Waals surface area contributed by atoms with Crippen LogP contribution in [0.1, 0.15) is 22.6 Å². The number of aromatic nitrogens is 4. The van der Waals surface area contributed by atoms with Gasteiger partial charge in [0.25, 0.3) is 5.91 Å². The standard InChI is InChI=1S/C16H15F2N5O/c1-21(15(24)14-7-10-23(20-14)16(17)18)11-12-3-5-13(6-4-12)22-9-2-8-19-22/h2-10,16H,11H2,1H3. The van der Waals surface area contributed by atoms with Crippen LogP contribution in [0.25, 0.3) is 5.69 Å². The molecule has 124 valence electrons. The Morgan fingerprint density at radius 2 is 1.96 bits per heavy atom. The van der Waals surface area contributed by atoms with Crippen molar-refractivity contribution in [1.82, 2.24) is 24.5 Å². The molecule has 0 aliphatic rings. The van der Waals surface area contributed by atoms with Crippen LogP contribution in [0.3, 0.4) is 0 Å². The fraction of sp³-hybridized carbons (Fsp3) is 0.188. The molecule has 24 heavy (non-hydrogen) atoms. The Labute approximate surface area is 136 Å². The number of nitrogens with zero attached hydrogens (tertiary/aromatic N) is 5. The third-order valence-electron chi connectivity index (χ3n) is 3.50. The topological polar surface area (TPSA) is 56.0 Å². The molecule has 1 aromatic carbocycles. The van der Waals surface area contributed by atoms with Crippen molar-refractivity contribution in [2.24, 2.45) is 0 Å². The molecule has 3 rings (SSSR count). The van der Waals surface area contributed by atoms with Crippen LogP contribution in [0.2, 0.25) is 0 Å². The van der Waals surface area contributed by atoms with Crippen molar-refractivity contribution in [3.8, 4) is 5.69 Å². The van der Waals surface area contributed by atoms with Gasteiger partial charge in [-0.25, -0.2) is 9.36 Å². The van der Waals surface area contributed by atoms with E-state index in [2.05, 4.69) is 10.2 Å². The second kappa shape index (κ2) is 6.61. The summed E-state index contributed by atoms with van der Waals surface area (Å²) in [4.78, 5) is 13.7. The summed E-state index contributed by atoms with van der Waals surface area (Å²) in [6.07, 6.45) is 4.62. The number of rotatable bonds is 5. The Hall–Kier alpha value is -3.03. The second-order valence-electron chi connectivity index (χ2n) is 5.24. The summed E-state index contributed by atoms with van der Waals surface area (Å²) in [5, 5.41) is 7.73. The first-order chi connectivity index (χ1) is 11.5. The van der Waals surface area contributed by atoms with Crippen molar-refractivity contribution in [3.63, 3.8) is 0 Å². The predicted molar refractivity (Wildman–Crippen MR) is 82.8 cm³/mol. The van der Waals surface area contributed by atoms with Crippen LogP contribution in [0.4, 0.5) is 8.78 Å². The molecule has 0 fully saturated rings. The lowest BCUT2D eigenvalue weighted by Crippen LogP contribution is -2.26. The molecular weight excluding hydrogens is 316 g/mol. The van der Waals surface area contributed by atoms with E-state index in [4.69, 9.17) is 0 Å². The van der Waals surface area contributed by atoms with E-state index in [-0.39, 0.29) is 5.69 Å². The molecule has 6 nitrogen and oxygen atoms in total. The van der Waals surface area contributed by atoms with Crippen LogP contribution in [0.5, 0.6) is 0 Å². The Morgan fingerprint density at radius 1 is 1.21 bits per heavy atom. The highest BCUT2D eigenvalue weighted by Crippen LogP contribution is 2.13. The van der Waals surface area contributed by atoms with Crippen molar-refractivity contribution in [2.75, 3.05) is 7.05 Å². The van der Waals surface area contributed by atoms with Crippen LogP contribution < -0.4 is 0 Å². The van der Waals surface area contributed by atoms with Crippen molar-refractivity contribution in [2.45, 2.75) is 13.1 Å². The van der Waals surface area contributed by atoms with E-state index in [0.29, 0.717) is 11.2 Å². The number of carbonyl (C=O) groups is 1. The van der Waals surface area contributed by atoms with Gasteiger partial charge >= 0.3 is 6.55 Å². The summed E-state index contributed by atoms with van der Waals surface area (Å²) in [6.45, 7) is -2.41. The summed E-state index contributed by atoms with van der Waals surface area (Å²) >= 11 is 0.